The highest BCUT2D eigenvalue weighted by Gasteiger charge is 2.43. The zero-order valence-corrected chi connectivity index (χ0v) is 21.3. The first kappa shape index (κ1) is 32.8. The minimum absolute atomic E-state index is 0.0888. The van der Waals surface area contributed by atoms with Crippen LogP contribution >= 0.6 is 0 Å². The van der Waals surface area contributed by atoms with Gasteiger partial charge >= 0.3 is 24.3 Å². The molecule has 14 heteroatoms. The first-order chi connectivity index (χ1) is 18.2. The van der Waals surface area contributed by atoms with Gasteiger partial charge in [-0.1, -0.05) is 30.3 Å². The third kappa shape index (κ3) is 12.1. The fourth-order valence-electron chi connectivity index (χ4n) is 4.57. The summed E-state index contributed by atoms with van der Waals surface area (Å²) in [6, 6.07) is 10.8. The Morgan fingerprint density at radius 3 is 1.90 bits per heavy atom. The van der Waals surface area contributed by atoms with Crippen LogP contribution in [0.25, 0.3) is 0 Å². The molecule has 39 heavy (non-hydrogen) atoms. The van der Waals surface area contributed by atoms with Gasteiger partial charge in [-0.3, -0.25) is 4.90 Å². The van der Waals surface area contributed by atoms with Gasteiger partial charge in [-0.25, -0.2) is 9.59 Å². The summed E-state index contributed by atoms with van der Waals surface area (Å²) >= 11 is 0. The molecule has 1 aromatic rings. The Balaban J connectivity index is 0.000000317. The number of carboxylic acid groups (broad SMARTS) is 2. The van der Waals surface area contributed by atoms with Crippen molar-refractivity contribution in [3.63, 3.8) is 0 Å². The Morgan fingerprint density at radius 2 is 1.41 bits per heavy atom. The number of carboxylic acids is 2. The van der Waals surface area contributed by atoms with Crippen LogP contribution in [-0.2, 0) is 25.6 Å². The molecule has 222 valence electrons. The molecule has 2 N–H and O–H groups in total. The fraction of sp³-hybridized carbons (Fsp3) is 0.680. The molecule has 0 aliphatic carbocycles. The van der Waals surface area contributed by atoms with E-state index < -0.39 is 24.3 Å². The predicted molar refractivity (Wildman–Crippen MR) is 127 cm³/mol. The molecular weight excluding hydrogens is 538 g/mol. The van der Waals surface area contributed by atoms with Gasteiger partial charge in [-0.2, -0.15) is 26.3 Å². The maximum Gasteiger partial charge on any atom is 0.490 e. The van der Waals surface area contributed by atoms with Crippen LogP contribution in [0.4, 0.5) is 26.3 Å². The molecule has 1 atom stereocenters. The Bertz CT molecular complexity index is 861. The minimum Gasteiger partial charge on any atom is -0.475 e. The van der Waals surface area contributed by atoms with E-state index in [0.717, 1.165) is 58.7 Å². The van der Waals surface area contributed by atoms with Crippen molar-refractivity contribution >= 4 is 11.9 Å². The molecule has 4 rings (SSSR count). The summed E-state index contributed by atoms with van der Waals surface area (Å²) in [6.45, 7) is 8.59. The molecule has 0 amide bonds. The molecule has 1 aromatic carbocycles. The number of piperidine rings is 1. The number of hydrogen-bond donors (Lipinski definition) is 2. The highest BCUT2D eigenvalue weighted by molar-refractivity contribution is 5.73. The van der Waals surface area contributed by atoms with Crippen LogP contribution in [0.2, 0.25) is 0 Å². The van der Waals surface area contributed by atoms with E-state index in [0.29, 0.717) is 6.10 Å². The standard InChI is InChI=1S/C21H32N2O2.2C2HF3O2/c1-2-6-19(7-3-1)17-23-12-8-21(9-13-23)16-20(18-25-21)24-15-14-22-10-4-5-11-22;2*3-2(4,5)1(6)7/h1-3,6-7,20H,4-5,8-18H2;2*(H,6,7). The number of carbonyl (C=O) groups is 2. The van der Waals surface area contributed by atoms with E-state index >= 15 is 0 Å². The quantitative estimate of drug-likeness (QED) is 0.490. The number of nitrogens with zero attached hydrogens (tertiary/aromatic N) is 2. The van der Waals surface area contributed by atoms with Crippen molar-refractivity contribution in [2.24, 2.45) is 0 Å². The van der Waals surface area contributed by atoms with Crippen LogP contribution in [-0.4, -0.2) is 102 Å². The first-order valence-corrected chi connectivity index (χ1v) is 12.5. The molecule has 1 spiro atoms. The van der Waals surface area contributed by atoms with Crippen LogP contribution in [0, 0.1) is 0 Å². The molecule has 0 bridgehead atoms. The van der Waals surface area contributed by atoms with Gasteiger partial charge in [-0.15, -0.1) is 0 Å². The van der Waals surface area contributed by atoms with E-state index in [4.69, 9.17) is 29.3 Å². The van der Waals surface area contributed by atoms with Crippen LogP contribution < -0.4 is 0 Å². The van der Waals surface area contributed by atoms with Crippen molar-refractivity contribution in [3.8, 4) is 0 Å². The van der Waals surface area contributed by atoms with Gasteiger partial charge < -0.3 is 24.6 Å². The van der Waals surface area contributed by atoms with Crippen LogP contribution in [0.5, 0.6) is 0 Å². The Kier molecular flexibility index (Phi) is 12.5. The predicted octanol–water partition coefficient (Wildman–Crippen LogP) is 4.19. The van der Waals surface area contributed by atoms with Gasteiger partial charge in [-0.05, 0) is 44.3 Å². The third-order valence-electron chi connectivity index (χ3n) is 6.64. The molecule has 8 nitrogen and oxygen atoms in total. The van der Waals surface area contributed by atoms with Gasteiger partial charge in [0.1, 0.15) is 0 Å². The zero-order valence-electron chi connectivity index (χ0n) is 21.3. The lowest BCUT2D eigenvalue weighted by molar-refractivity contribution is -0.193. The SMILES string of the molecule is O=C(O)C(F)(F)F.O=C(O)C(F)(F)F.c1ccc(CN2CCC3(CC2)CC(OCCN2CCCC2)CO3)cc1. The van der Waals surface area contributed by atoms with Gasteiger partial charge in [0.15, 0.2) is 0 Å². The maximum atomic E-state index is 10.6. The molecule has 3 fully saturated rings. The largest absolute Gasteiger partial charge is 0.490 e. The molecule has 3 saturated heterocycles. The van der Waals surface area contributed by atoms with Gasteiger partial charge in [0.05, 0.1) is 24.9 Å². The Morgan fingerprint density at radius 1 is 0.897 bits per heavy atom. The van der Waals surface area contributed by atoms with Gasteiger partial charge in [0, 0.05) is 32.6 Å². The molecule has 3 heterocycles. The number of halogens is 6. The second kappa shape index (κ2) is 14.8. The molecule has 1 unspecified atom stereocenters. The number of aliphatic carboxylic acids is 2. The van der Waals surface area contributed by atoms with E-state index in [2.05, 4.69) is 40.1 Å². The van der Waals surface area contributed by atoms with E-state index in [1.165, 1.54) is 31.5 Å². The summed E-state index contributed by atoms with van der Waals surface area (Å²) in [7, 11) is 0. The lowest BCUT2D eigenvalue weighted by Crippen LogP contribution is -2.44. The average molecular weight is 573 g/mol. The summed E-state index contributed by atoms with van der Waals surface area (Å²) in [4.78, 5) is 22.9. The summed E-state index contributed by atoms with van der Waals surface area (Å²) in [5.74, 6) is -5.51. The minimum atomic E-state index is -5.08. The normalized spacial score (nSPS) is 21.5. The summed E-state index contributed by atoms with van der Waals surface area (Å²) in [5.41, 5.74) is 1.50. The van der Waals surface area contributed by atoms with Gasteiger partial charge in [0.25, 0.3) is 0 Å². The van der Waals surface area contributed by atoms with E-state index in [1.807, 2.05) is 0 Å². The zero-order chi connectivity index (χ0) is 29.1. The van der Waals surface area contributed by atoms with E-state index in [9.17, 15) is 26.3 Å². The summed E-state index contributed by atoms with van der Waals surface area (Å²) < 4.78 is 75.9. The number of hydrogen-bond acceptors (Lipinski definition) is 6. The van der Waals surface area contributed by atoms with Crippen molar-refractivity contribution < 1.29 is 55.6 Å². The molecule has 3 aliphatic heterocycles. The lowest BCUT2D eigenvalue weighted by atomic mass is 9.88. The highest BCUT2D eigenvalue weighted by Crippen LogP contribution is 2.37. The molecule has 0 radical (unpaired) electrons. The van der Waals surface area contributed by atoms with Crippen LogP contribution in [0.1, 0.15) is 37.7 Å². The number of benzene rings is 1. The molecular formula is C25H34F6N2O6. The molecule has 3 aliphatic rings. The second-order valence-corrected chi connectivity index (χ2v) is 9.61. The molecule has 0 aromatic heterocycles. The van der Waals surface area contributed by atoms with Gasteiger partial charge in [0.2, 0.25) is 0 Å². The first-order valence-electron chi connectivity index (χ1n) is 12.5. The van der Waals surface area contributed by atoms with Crippen molar-refractivity contribution in [2.45, 2.75) is 62.7 Å². The van der Waals surface area contributed by atoms with Crippen molar-refractivity contribution in [1.29, 1.82) is 0 Å². The Labute approximate surface area is 222 Å². The third-order valence-corrected chi connectivity index (χ3v) is 6.64. The lowest BCUT2D eigenvalue weighted by Gasteiger charge is -2.38. The van der Waals surface area contributed by atoms with Crippen molar-refractivity contribution in [2.75, 3.05) is 45.9 Å². The maximum absolute atomic E-state index is 10.6. The monoisotopic (exact) mass is 572 g/mol. The fourth-order valence-corrected chi connectivity index (χ4v) is 4.57. The second-order valence-electron chi connectivity index (χ2n) is 9.61. The number of likely N-dealkylation sites (tertiary alicyclic amines) is 2. The van der Waals surface area contributed by atoms with Crippen LogP contribution in [0.15, 0.2) is 30.3 Å². The highest BCUT2D eigenvalue weighted by atomic mass is 19.4. The number of ether oxygens (including phenoxy) is 2. The van der Waals surface area contributed by atoms with Crippen molar-refractivity contribution in [1.82, 2.24) is 9.80 Å². The van der Waals surface area contributed by atoms with E-state index in [1.54, 1.807) is 0 Å². The van der Waals surface area contributed by atoms with E-state index in [-0.39, 0.29) is 5.60 Å². The number of rotatable bonds is 6. The van der Waals surface area contributed by atoms with Crippen LogP contribution in [0.3, 0.4) is 0 Å². The topological polar surface area (TPSA) is 99.5 Å². The number of alkyl halides is 6. The Hall–Kier alpha value is -2.42. The average Bonchev–Trinajstić information content (AvgIpc) is 3.52. The molecule has 0 saturated carbocycles. The summed E-state index contributed by atoms with van der Waals surface area (Å²) in [6.07, 6.45) is -3.77. The van der Waals surface area contributed by atoms with Crippen molar-refractivity contribution in [3.05, 3.63) is 35.9 Å². The smallest absolute Gasteiger partial charge is 0.475 e. The summed E-state index contributed by atoms with van der Waals surface area (Å²) in [5, 5.41) is 14.2.